The van der Waals surface area contributed by atoms with Crippen molar-refractivity contribution in [1.29, 1.82) is 0 Å². The molecule has 2 aromatic carbocycles. The lowest BCUT2D eigenvalue weighted by Gasteiger charge is -2.06. The van der Waals surface area contributed by atoms with Crippen LogP contribution in [0.3, 0.4) is 0 Å². The lowest BCUT2D eigenvalue weighted by molar-refractivity contribution is -0.121. The van der Waals surface area contributed by atoms with Crippen LogP contribution in [0.2, 0.25) is 10.2 Å². The molecule has 0 aliphatic carbocycles. The first-order valence-electron chi connectivity index (χ1n) is 7.25. The number of carbonyl (C=O) groups is 1. The van der Waals surface area contributed by atoms with E-state index in [1.165, 1.54) is 0 Å². The molecule has 0 atom stereocenters. The largest absolute Gasteiger partial charge is 0.352 e. The summed E-state index contributed by atoms with van der Waals surface area (Å²) in [5, 5.41) is 9.21. The van der Waals surface area contributed by atoms with Gasteiger partial charge < -0.3 is 5.32 Å². The minimum atomic E-state index is -0.0318. The third-order valence-corrected chi connectivity index (χ3v) is 4.10. The van der Waals surface area contributed by atoms with Crippen LogP contribution in [0.1, 0.15) is 12.0 Å². The van der Waals surface area contributed by atoms with Crippen LogP contribution in [0.25, 0.3) is 10.9 Å². The van der Waals surface area contributed by atoms with Crippen LogP contribution in [0, 0.1) is 0 Å². The molecule has 0 bridgehead atoms. The fraction of sp³-hybridized carbons (Fsp3) is 0.176. The molecule has 3 aromatic rings. The maximum Gasteiger partial charge on any atom is 0.222 e. The average molecular weight is 348 g/mol. The van der Waals surface area contributed by atoms with Crippen LogP contribution in [0.15, 0.2) is 48.5 Å². The third-order valence-electron chi connectivity index (χ3n) is 3.57. The van der Waals surface area contributed by atoms with Gasteiger partial charge in [-0.1, -0.05) is 47.5 Å². The maximum atomic E-state index is 12.0. The standard InChI is InChI=1S/C17H15Cl2N3O/c18-13-7-5-12(6-8-13)11-20-16(23)9-10-22-15-4-2-1-3-14(15)17(19)21-22/h1-8H,9-11H2,(H,20,23). The van der Waals surface area contributed by atoms with Crippen molar-refractivity contribution >= 4 is 40.0 Å². The first-order chi connectivity index (χ1) is 11.1. The van der Waals surface area contributed by atoms with Gasteiger partial charge in [0.15, 0.2) is 5.15 Å². The van der Waals surface area contributed by atoms with Crippen molar-refractivity contribution in [2.45, 2.75) is 19.5 Å². The number of aryl methyl sites for hydroxylation is 1. The summed E-state index contributed by atoms with van der Waals surface area (Å²) >= 11 is 11.9. The van der Waals surface area contributed by atoms with Gasteiger partial charge in [0, 0.05) is 23.4 Å². The predicted molar refractivity (Wildman–Crippen MR) is 92.7 cm³/mol. The van der Waals surface area contributed by atoms with E-state index in [9.17, 15) is 4.79 Å². The Bertz CT molecular complexity index is 827. The molecule has 118 valence electrons. The maximum absolute atomic E-state index is 12.0. The van der Waals surface area contributed by atoms with Crippen molar-refractivity contribution in [3.63, 3.8) is 0 Å². The van der Waals surface area contributed by atoms with Gasteiger partial charge in [0.2, 0.25) is 5.91 Å². The van der Waals surface area contributed by atoms with Crippen molar-refractivity contribution in [3.8, 4) is 0 Å². The molecular formula is C17H15Cl2N3O. The van der Waals surface area contributed by atoms with E-state index < -0.39 is 0 Å². The summed E-state index contributed by atoms with van der Waals surface area (Å²) in [6, 6.07) is 15.1. The number of para-hydroxylation sites is 1. The van der Waals surface area contributed by atoms with Gasteiger partial charge >= 0.3 is 0 Å². The summed E-state index contributed by atoms with van der Waals surface area (Å²) in [7, 11) is 0. The molecule has 4 nitrogen and oxygen atoms in total. The zero-order valence-corrected chi connectivity index (χ0v) is 13.8. The molecule has 6 heteroatoms. The quantitative estimate of drug-likeness (QED) is 0.756. The van der Waals surface area contributed by atoms with Crippen molar-refractivity contribution in [1.82, 2.24) is 15.1 Å². The van der Waals surface area contributed by atoms with Gasteiger partial charge in [-0.15, -0.1) is 0 Å². The van der Waals surface area contributed by atoms with Gasteiger partial charge in [-0.05, 0) is 29.8 Å². The van der Waals surface area contributed by atoms with E-state index in [2.05, 4.69) is 10.4 Å². The van der Waals surface area contributed by atoms with Crippen LogP contribution in [-0.4, -0.2) is 15.7 Å². The Kier molecular flexibility index (Phi) is 4.84. The number of aromatic nitrogens is 2. The number of nitrogens with one attached hydrogen (secondary N) is 1. The number of amides is 1. The molecule has 0 aliphatic rings. The summed E-state index contributed by atoms with van der Waals surface area (Å²) in [4.78, 5) is 12.0. The summed E-state index contributed by atoms with van der Waals surface area (Å²) < 4.78 is 1.76. The van der Waals surface area contributed by atoms with Gasteiger partial charge in [-0.2, -0.15) is 5.10 Å². The molecule has 0 spiro atoms. The predicted octanol–water partition coefficient (Wildman–Crippen LogP) is 4.05. The highest BCUT2D eigenvalue weighted by Gasteiger charge is 2.09. The summed E-state index contributed by atoms with van der Waals surface area (Å²) in [6.07, 6.45) is 0.343. The fourth-order valence-electron chi connectivity index (χ4n) is 2.36. The van der Waals surface area contributed by atoms with E-state index in [1.807, 2.05) is 36.4 Å². The zero-order chi connectivity index (χ0) is 16.2. The summed E-state index contributed by atoms with van der Waals surface area (Å²) in [6.45, 7) is 0.969. The number of nitrogens with zero attached hydrogens (tertiary/aromatic N) is 2. The lowest BCUT2D eigenvalue weighted by atomic mass is 10.2. The minimum Gasteiger partial charge on any atom is -0.352 e. The second kappa shape index (κ2) is 7.02. The van der Waals surface area contributed by atoms with Crippen molar-refractivity contribution in [3.05, 3.63) is 64.3 Å². The molecule has 0 radical (unpaired) electrons. The number of rotatable bonds is 5. The minimum absolute atomic E-state index is 0.0318. The van der Waals surface area contributed by atoms with E-state index in [0.717, 1.165) is 16.5 Å². The fourth-order valence-corrected chi connectivity index (χ4v) is 2.73. The number of hydrogen-bond acceptors (Lipinski definition) is 2. The molecule has 0 saturated carbocycles. The highest BCUT2D eigenvalue weighted by Crippen LogP contribution is 2.22. The molecule has 1 amide bonds. The average Bonchev–Trinajstić information content (AvgIpc) is 2.89. The first-order valence-corrected chi connectivity index (χ1v) is 8.01. The highest BCUT2D eigenvalue weighted by molar-refractivity contribution is 6.34. The van der Waals surface area contributed by atoms with Gasteiger partial charge in [0.25, 0.3) is 0 Å². The first kappa shape index (κ1) is 15.8. The molecule has 0 aliphatic heterocycles. The lowest BCUT2D eigenvalue weighted by Crippen LogP contribution is -2.24. The van der Waals surface area contributed by atoms with Crippen molar-refractivity contribution in [2.75, 3.05) is 0 Å². The van der Waals surface area contributed by atoms with Gasteiger partial charge in [-0.25, -0.2) is 0 Å². The van der Waals surface area contributed by atoms with Gasteiger partial charge in [0.05, 0.1) is 12.1 Å². The molecular weight excluding hydrogens is 333 g/mol. The zero-order valence-electron chi connectivity index (χ0n) is 12.3. The second-order valence-corrected chi connectivity index (χ2v) is 5.98. The number of halogens is 2. The van der Waals surface area contributed by atoms with Crippen LogP contribution in [0.5, 0.6) is 0 Å². The van der Waals surface area contributed by atoms with E-state index in [-0.39, 0.29) is 5.91 Å². The number of hydrogen-bond donors (Lipinski definition) is 1. The molecule has 23 heavy (non-hydrogen) atoms. The molecule has 1 heterocycles. The normalized spacial score (nSPS) is 10.9. The van der Waals surface area contributed by atoms with Crippen LogP contribution in [0.4, 0.5) is 0 Å². The van der Waals surface area contributed by atoms with E-state index in [1.54, 1.807) is 16.8 Å². The SMILES string of the molecule is O=C(CCn1nc(Cl)c2ccccc21)NCc1ccc(Cl)cc1. The highest BCUT2D eigenvalue weighted by atomic mass is 35.5. The molecule has 1 aromatic heterocycles. The Morgan fingerprint density at radius 2 is 1.83 bits per heavy atom. The topological polar surface area (TPSA) is 46.9 Å². The van der Waals surface area contributed by atoms with Crippen LogP contribution >= 0.6 is 23.2 Å². The molecule has 3 rings (SSSR count). The Balaban J connectivity index is 1.57. The van der Waals surface area contributed by atoms with Crippen molar-refractivity contribution < 1.29 is 4.79 Å². The van der Waals surface area contributed by atoms with E-state index >= 15 is 0 Å². The monoisotopic (exact) mass is 347 g/mol. The van der Waals surface area contributed by atoms with Gasteiger partial charge in [-0.3, -0.25) is 9.48 Å². The summed E-state index contributed by atoms with van der Waals surface area (Å²) in [5.74, 6) is -0.0318. The molecule has 0 unspecified atom stereocenters. The van der Waals surface area contributed by atoms with E-state index in [0.29, 0.717) is 29.7 Å². The van der Waals surface area contributed by atoms with Gasteiger partial charge in [0.1, 0.15) is 0 Å². The molecule has 0 fully saturated rings. The smallest absolute Gasteiger partial charge is 0.222 e. The number of benzene rings is 2. The van der Waals surface area contributed by atoms with Crippen LogP contribution < -0.4 is 5.32 Å². The molecule has 0 saturated heterocycles. The van der Waals surface area contributed by atoms with Crippen LogP contribution in [-0.2, 0) is 17.9 Å². The van der Waals surface area contributed by atoms with E-state index in [4.69, 9.17) is 23.2 Å². The molecule has 1 N–H and O–H groups in total. The third kappa shape index (κ3) is 3.84. The summed E-state index contributed by atoms with van der Waals surface area (Å²) in [5.41, 5.74) is 1.94. The Morgan fingerprint density at radius 3 is 2.61 bits per heavy atom. The number of carbonyl (C=O) groups excluding carboxylic acids is 1. The Morgan fingerprint density at radius 1 is 1.09 bits per heavy atom. The van der Waals surface area contributed by atoms with Crippen molar-refractivity contribution in [2.24, 2.45) is 0 Å². The Hall–Kier alpha value is -2.04. The second-order valence-electron chi connectivity index (χ2n) is 5.18. The Labute approximate surface area is 144 Å². The number of fused-ring (bicyclic) bond motifs is 1.